The van der Waals surface area contributed by atoms with E-state index in [0.717, 1.165) is 11.1 Å². The Morgan fingerprint density at radius 3 is 2.46 bits per heavy atom. The first kappa shape index (κ1) is 20.3. The summed E-state index contributed by atoms with van der Waals surface area (Å²) >= 11 is 0. The first-order valence-corrected chi connectivity index (χ1v) is 9.66. The molecule has 3 unspecified atom stereocenters. The van der Waals surface area contributed by atoms with Gasteiger partial charge in [0.2, 0.25) is 0 Å². The van der Waals surface area contributed by atoms with Crippen molar-refractivity contribution in [2.24, 2.45) is 10.8 Å². The van der Waals surface area contributed by atoms with Gasteiger partial charge in [0.15, 0.2) is 11.6 Å². The molecule has 148 valence electrons. The van der Waals surface area contributed by atoms with Crippen molar-refractivity contribution in [2.75, 3.05) is 13.2 Å². The highest BCUT2D eigenvalue weighted by atomic mass is 16.5. The third-order valence-electron chi connectivity index (χ3n) is 6.83. The van der Waals surface area contributed by atoms with Gasteiger partial charge < -0.3 is 9.84 Å². The van der Waals surface area contributed by atoms with Crippen molar-refractivity contribution in [3.63, 3.8) is 0 Å². The van der Waals surface area contributed by atoms with Crippen LogP contribution in [0.3, 0.4) is 0 Å². The lowest BCUT2D eigenvalue weighted by molar-refractivity contribution is -0.147. The Morgan fingerprint density at radius 2 is 1.82 bits per heavy atom. The van der Waals surface area contributed by atoms with Crippen molar-refractivity contribution in [1.82, 2.24) is 0 Å². The zero-order valence-corrected chi connectivity index (χ0v) is 17.0. The van der Waals surface area contributed by atoms with Crippen molar-refractivity contribution in [3.05, 3.63) is 65.3 Å². The summed E-state index contributed by atoms with van der Waals surface area (Å²) in [6, 6.07) is 7.54. The Morgan fingerprint density at radius 1 is 1.18 bits per heavy atom. The lowest BCUT2D eigenvalue weighted by atomic mass is 9.45. The molecule has 4 heteroatoms. The molecular formula is C24H28O4. The van der Waals surface area contributed by atoms with E-state index in [9.17, 15) is 14.7 Å². The fourth-order valence-corrected chi connectivity index (χ4v) is 4.86. The molecule has 0 aliphatic heterocycles. The van der Waals surface area contributed by atoms with E-state index in [2.05, 4.69) is 6.58 Å². The fourth-order valence-electron chi connectivity index (χ4n) is 4.86. The Balaban J connectivity index is 2.29. The highest BCUT2D eigenvalue weighted by molar-refractivity contribution is 6.17. The predicted molar refractivity (Wildman–Crippen MR) is 109 cm³/mol. The molecule has 0 bridgehead atoms. The van der Waals surface area contributed by atoms with Crippen LogP contribution in [-0.4, -0.2) is 29.9 Å². The number of benzene rings is 1. The quantitative estimate of drug-likeness (QED) is 0.833. The van der Waals surface area contributed by atoms with E-state index >= 15 is 0 Å². The van der Waals surface area contributed by atoms with E-state index < -0.39 is 10.8 Å². The van der Waals surface area contributed by atoms with Crippen LogP contribution in [0.15, 0.2) is 59.7 Å². The lowest BCUT2D eigenvalue weighted by Gasteiger charge is -2.54. The van der Waals surface area contributed by atoms with Crippen LogP contribution in [-0.2, 0) is 9.59 Å². The van der Waals surface area contributed by atoms with Crippen LogP contribution in [0.2, 0.25) is 0 Å². The lowest BCUT2D eigenvalue weighted by Crippen LogP contribution is -2.57. The normalized spacial score (nSPS) is 30.0. The number of carbonyl (C=O) groups excluding carboxylic acids is 2. The van der Waals surface area contributed by atoms with E-state index in [0.29, 0.717) is 23.3 Å². The van der Waals surface area contributed by atoms with Crippen LogP contribution < -0.4 is 4.74 Å². The van der Waals surface area contributed by atoms with Crippen molar-refractivity contribution in [1.29, 1.82) is 0 Å². The van der Waals surface area contributed by atoms with Crippen LogP contribution >= 0.6 is 0 Å². The summed E-state index contributed by atoms with van der Waals surface area (Å²) in [5.41, 5.74) is 1.06. The summed E-state index contributed by atoms with van der Waals surface area (Å²) in [5, 5.41) is 9.19. The number of para-hydroxylation sites is 1. The van der Waals surface area contributed by atoms with Crippen molar-refractivity contribution in [2.45, 2.75) is 40.0 Å². The highest BCUT2D eigenvalue weighted by Crippen LogP contribution is 2.62. The summed E-state index contributed by atoms with van der Waals surface area (Å²) in [6.07, 6.45) is 4.30. The average molecular weight is 380 g/mol. The first-order valence-electron chi connectivity index (χ1n) is 9.66. The van der Waals surface area contributed by atoms with Gasteiger partial charge >= 0.3 is 0 Å². The van der Waals surface area contributed by atoms with Gasteiger partial charge in [-0.25, -0.2) is 0 Å². The molecule has 0 aromatic heterocycles. The topological polar surface area (TPSA) is 63.6 Å². The number of ether oxygens (including phenoxy) is 1. The number of ketones is 2. The maximum absolute atomic E-state index is 13.7. The number of allylic oxidation sites excluding steroid dienone is 5. The van der Waals surface area contributed by atoms with Crippen molar-refractivity contribution in [3.8, 4) is 5.75 Å². The third-order valence-corrected chi connectivity index (χ3v) is 6.83. The second-order valence-electron chi connectivity index (χ2n) is 8.10. The summed E-state index contributed by atoms with van der Waals surface area (Å²) in [7, 11) is 0. The molecule has 2 aliphatic rings. The number of rotatable bonds is 5. The maximum atomic E-state index is 13.7. The number of hydrogen-bond donors (Lipinski definition) is 1. The fraction of sp³-hybridized carbons (Fsp3) is 0.417. The van der Waals surface area contributed by atoms with Crippen LogP contribution in [0.1, 0.15) is 45.6 Å². The van der Waals surface area contributed by atoms with Gasteiger partial charge in [0.25, 0.3) is 0 Å². The number of fused-ring (bicyclic) bond motifs is 1. The molecule has 1 aromatic carbocycles. The second-order valence-corrected chi connectivity index (χ2v) is 8.10. The van der Waals surface area contributed by atoms with Gasteiger partial charge in [-0.15, -0.1) is 0 Å². The molecule has 0 fully saturated rings. The van der Waals surface area contributed by atoms with Crippen LogP contribution in [0, 0.1) is 10.8 Å². The van der Waals surface area contributed by atoms with E-state index in [-0.39, 0.29) is 30.7 Å². The zero-order valence-electron chi connectivity index (χ0n) is 17.0. The molecule has 0 spiro atoms. The maximum Gasteiger partial charge on any atom is 0.166 e. The number of Topliss-reactive ketones (excluding diaryl/α,β-unsaturated/α-hetero) is 2. The second kappa shape index (κ2) is 7.17. The Bertz CT molecular complexity index is 907. The third kappa shape index (κ3) is 2.62. The molecule has 0 saturated heterocycles. The largest absolute Gasteiger partial charge is 0.491 e. The molecule has 0 saturated carbocycles. The molecule has 0 amide bonds. The van der Waals surface area contributed by atoms with Gasteiger partial charge in [0.1, 0.15) is 12.4 Å². The Kier molecular flexibility index (Phi) is 5.20. The van der Waals surface area contributed by atoms with Crippen LogP contribution in [0.25, 0.3) is 0 Å². The highest BCUT2D eigenvalue weighted by Gasteiger charge is 2.63. The minimum atomic E-state index is -0.954. The van der Waals surface area contributed by atoms with Crippen LogP contribution in [0.4, 0.5) is 0 Å². The van der Waals surface area contributed by atoms with Gasteiger partial charge in [-0.05, 0) is 43.1 Å². The number of hydrogen-bond acceptors (Lipinski definition) is 4. The Hall–Kier alpha value is -2.46. The van der Waals surface area contributed by atoms with Crippen molar-refractivity contribution >= 4 is 11.6 Å². The van der Waals surface area contributed by atoms with E-state index in [1.54, 1.807) is 19.9 Å². The molecule has 4 nitrogen and oxygen atoms in total. The molecule has 28 heavy (non-hydrogen) atoms. The summed E-state index contributed by atoms with van der Waals surface area (Å²) in [4.78, 5) is 27.0. The molecule has 3 rings (SSSR count). The van der Waals surface area contributed by atoms with Crippen molar-refractivity contribution < 1.29 is 19.4 Å². The molecule has 1 aromatic rings. The molecule has 3 atom stereocenters. The van der Waals surface area contributed by atoms with Crippen LogP contribution in [0.5, 0.6) is 5.75 Å². The average Bonchev–Trinajstić information content (AvgIpc) is 2.71. The molecule has 2 aliphatic carbocycles. The molecule has 1 N–H and O–H groups in total. The van der Waals surface area contributed by atoms with E-state index in [1.807, 2.05) is 44.2 Å². The molecule has 0 heterocycles. The SMILES string of the molecule is C=CC1=CCC2(C)C(=O)C(C)=C(C)C(=O)C2(C)C1c1ccccc1OCCO. The predicted octanol–water partition coefficient (Wildman–Crippen LogP) is 4.16. The first-order chi connectivity index (χ1) is 13.2. The van der Waals surface area contributed by atoms with Gasteiger partial charge in [-0.2, -0.15) is 0 Å². The summed E-state index contributed by atoms with van der Waals surface area (Å²) in [5.74, 6) is 0.286. The zero-order chi connectivity index (χ0) is 20.7. The standard InChI is InChI=1S/C24H28O4/c1-6-17-11-12-23(4)21(26)15(2)16(3)22(27)24(23,5)20(17)18-9-7-8-10-19(18)28-14-13-25/h6-11,20,25H,1,12-14H2,2-5H3. The van der Waals surface area contributed by atoms with E-state index in [4.69, 9.17) is 4.74 Å². The molecular weight excluding hydrogens is 352 g/mol. The summed E-state index contributed by atoms with van der Waals surface area (Å²) in [6.45, 7) is 11.3. The number of carbonyl (C=O) groups is 2. The summed E-state index contributed by atoms with van der Waals surface area (Å²) < 4.78 is 5.78. The van der Waals surface area contributed by atoms with Gasteiger partial charge in [-0.1, -0.05) is 50.8 Å². The minimum absolute atomic E-state index is 0.00140. The minimum Gasteiger partial charge on any atom is -0.491 e. The van der Waals surface area contributed by atoms with E-state index in [1.165, 1.54) is 0 Å². The number of aliphatic hydroxyl groups excluding tert-OH is 1. The monoisotopic (exact) mass is 380 g/mol. The van der Waals surface area contributed by atoms with Gasteiger partial charge in [-0.3, -0.25) is 9.59 Å². The number of aliphatic hydroxyl groups is 1. The van der Waals surface area contributed by atoms with Gasteiger partial charge in [0, 0.05) is 16.9 Å². The smallest absolute Gasteiger partial charge is 0.166 e. The molecule has 0 radical (unpaired) electrons. The van der Waals surface area contributed by atoms with Gasteiger partial charge in [0.05, 0.1) is 12.0 Å². The Labute approximate surface area is 166 Å².